The Kier molecular flexibility index (Phi) is 3.26. The van der Waals surface area contributed by atoms with Crippen molar-refractivity contribution in [2.75, 3.05) is 6.54 Å². The number of nitrogens with zero attached hydrogens (tertiary/aromatic N) is 1. The minimum absolute atomic E-state index is 0.0997. The van der Waals surface area contributed by atoms with E-state index >= 15 is 0 Å². The second-order valence-electron chi connectivity index (χ2n) is 4.91. The van der Waals surface area contributed by atoms with Crippen LogP contribution in [0.1, 0.15) is 30.1 Å². The Bertz CT molecular complexity index is 512. The Balaban J connectivity index is 2.07. The number of nitro benzene ring substituents is 1. The Morgan fingerprint density at radius 1 is 1.56 bits per heavy atom. The zero-order chi connectivity index (χ0) is 13.3. The Hall–Kier alpha value is -1.62. The van der Waals surface area contributed by atoms with Gasteiger partial charge < -0.3 is 5.32 Å². The molecule has 1 N–H and O–H groups in total. The largest absolute Gasteiger partial charge is 0.351 e. The Morgan fingerprint density at radius 2 is 2.22 bits per heavy atom. The second-order valence-corrected chi connectivity index (χ2v) is 5.32. The van der Waals surface area contributed by atoms with Gasteiger partial charge in [-0.15, -0.1) is 0 Å². The Morgan fingerprint density at radius 3 is 2.72 bits per heavy atom. The van der Waals surface area contributed by atoms with Crippen molar-refractivity contribution in [2.45, 2.75) is 19.8 Å². The number of rotatable bonds is 4. The van der Waals surface area contributed by atoms with Crippen LogP contribution < -0.4 is 5.32 Å². The molecule has 0 unspecified atom stereocenters. The molecule has 1 aromatic rings. The van der Waals surface area contributed by atoms with E-state index in [2.05, 4.69) is 12.2 Å². The van der Waals surface area contributed by atoms with Crippen molar-refractivity contribution in [2.24, 2.45) is 5.41 Å². The molecule has 1 saturated carbocycles. The lowest BCUT2D eigenvalue weighted by Crippen LogP contribution is -2.29. The van der Waals surface area contributed by atoms with Crippen LogP contribution in [0.4, 0.5) is 5.69 Å². The summed E-state index contributed by atoms with van der Waals surface area (Å²) in [5, 5.41) is 13.4. The van der Waals surface area contributed by atoms with Gasteiger partial charge in [0.1, 0.15) is 0 Å². The van der Waals surface area contributed by atoms with Crippen LogP contribution in [0.5, 0.6) is 0 Å². The SMILES string of the molecule is CC1(CNC(=O)c2ccc([N+](=O)[O-])cc2Cl)CC1. The van der Waals surface area contributed by atoms with Crippen LogP contribution in [0.3, 0.4) is 0 Å². The lowest BCUT2D eigenvalue weighted by atomic mass is 10.1. The molecule has 1 amide bonds. The number of hydrogen-bond acceptors (Lipinski definition) is 3. The number of carbonyl (C=O) groups is 1. The average Bonchev–Trinajstić information content (AvgIpc) is 3.04. The zero-order valence-electron chi connectivity index (χ0n) is 9.90. The molecule has 0 bridgehead atoms. The smallest absolute Gasteiger partial charge is 0.270 e. The van der Waals surface area contributed by atoms with Crippen molar-refractivity contribution >= 4 is 23.2 Å². The first-order valence-corrected chi connectivity index (χ1v) is 6.01. The first-order chi connectivity index (χ1) is 8.41. The molecule has 0 saturated heterocycles. The average molecular weight is 269 g/mol. The molecule has 1 fully saturated rings. The van der Waals surface area contributed by atoms with Crippen LogP contribution in [0.15, 0.2) is 18.2 Å². The van der Waals surface area contributed by atoms with Gasteiger partial charge in [0.05, 0.1) is 15.5 Å². The summed E-state index contributed by atoms with van der Waals surface area (Å²) in [6.07, 6.45) is 2.22. The van der Waals surface area contributed by atoms with Crippen molar-refractivity contribution in [3.05, 3.63) is 38.9 Å². The summed E-state index contributed by atoms with van der Waals surface area (Å²) < 4.78 is 0. The van der Waals surface area contributed by atoms with Gasteiger partial charge in [-0.3, -0.25) is 14.9 Å². The number of nitro groups is 1. The molecule has 0 radical (unpaired) electrons. The fourth-order valence-electron chi connectivity index (χ4n) is 1.58. The number of halogens is 1. The molecule has 2 rings (SSSR count). The number of benzene rings is 1. The van der Waals surface area contributed by atoms with E-state index in [-0.39, 0.29) is 27.6 Å². The minimum atomic E-state index is -0.543. The normalized spacial score (nSPS) is 16.1. The minimum Gasteiger partial charge on any atom is -0.351 e. The number of carbonyl (C=O) groups excluding carboxylic acids is 1. The van der Waals surface area contributed by atoms with E-state index in [0.717, 1.165) is 12.8 Å². The van der Waals surface area contributed by atoms with Crippen LogP contribution in [0, 0.1) is 15.5 Å². The zero-order valence-corrected chi connectivity index (χ0v) is 10.7. The van der Waals surface area contributed by atoms with E-state index in [0.29, 0.717) is 6.54 Å². The number of hydrogen-bond donors (Lipinski definition) is 1. The highest BCUT2D eigenvalue weighted by Gasteiger charge is 2.37. The second kappa shape index (κ2) is 4.57. The molecule has 1 aliphatic rings. The van der Waals surface area contributed by atoms with E-state index in [1.807, 2.05) is 0 Å². The molecule has 6 heteroatoms. The number of nitrogens with one attached hydrogen (secondary N) is 1. The van der Waals surface area contributed by atoms with Crippen LogP contribution in [0.2, 0.25) is 5.02 Å². The standard InChI is InChI=1S/C12H13ClN2O3/c1-12(4-5-12)7-14-11(16)9-3-2-8(15(17)18)6-10(9)13/h2-3,6H,4-5,7H2,1H3,(H,14,16). The molecule has 96 valence electrons. The van der Waals surface area contributed by atoms with Crippen molar-refractivity contribution < 1.29 is 9.72 Å². The fraction of sp³-hybridized carbons (Fsp3) is 0.417. The number of amides is 1. The summed E-state index contributed by atoms with van der Waals surface area (Å²) >= 11 is 5.87. The molecule has 5 nitrogen and oxygen atoms in total. The van der Waals surface area contributed by atoms with Crippen molar-refractivity contribution in [3.8, 4) is 0 Å². The molecule has 1 aliphatic carbocycles. The summed E-state index contributed by atoms with van der Waals surface area (Å²) in [6, 6.07) is 3.85. The first kappa shape index (κ1) is 12.8. The van der Waals surface area contributed by atoms with Gasteiger partial charge in [0.15, 0.2) is 0 Å². The van der Waals surface area contributed by atoms with Crippen molar-refractivity contribution in [3.63, 3.8) is 0 Å². The molecule has 0 aromatic heterocycles. The van der Waals surface area contributed by atoms with Crippen molar-refractivity contribution in [1.29, 1.82) is 0 Å². The monoisotopic (exact) mass is 268 g/mol. The summed E-state index contributed by atoms with van der Waals surface area (Å²) in [5.41, 5.74) is 0.361. The van der Waals surface area contributed by atoms with Gasteiger partial charge >= 0.3 is 0 Å². The lowest BCUT2D eigenvalue weighted by molar-refractivity contribution is -0.384. The molecule has 0 heterocycles. The maximum Gasteiger partial charge on any atom is 0.270 e. The van der Waals surface area contributed by atoms with E-state index in [1.54, 1.807) is 0 Å². The molecular formula is C12H13ClN2O3. The van der Waals surface area contributed by atoms with E-state index < -0.39 is 4.92 Å². The molecule has 0 atom stereocenters. The van der Waals surface area contributed by atoms with Crippen LogP contribution in [0.25, 0.3) is 0 Å². The van der Waals surface area contributed by atoms with Gasteiger partial charge in [0, 0.05) is 18.7 Å². The third-order valence-electron chi connectivity index (χ3n) is 3.19. The van der Waals surface area contributed by atoms with Gasteiger partial charge in [-0.25, -0.2) is 0 Å². The predicted octanol–water partition coefficient (Wildman–Crippen LogP) is 2.78. The molecule has 0 aliphatic heterocycles. The fourth-order valence-corrected chi connectivity index (χ4v) is 1.84. The van der Waals surface area contributed by atoms with Gasteiger partial charge in [-0.2, -0.15) is 0 Å². The lowest BCUT2D eigenvalue weighted by Gasteiger charge is -2.10. The van der Waals surface area contributed by atoms with Crippen molar-refractivity contribution in [1.82, 2.24) is 5.32 Å². The number of non-ortho nitro benzene ring substituents is 1. The summed E-state index contributed by atoms with van der Waals surface area (Å²) in [7, 11) is 0. The predicted molar refractivity (Wildman–Crippen MR) is 67.8 cm³/mol. The first-order valence-electron chi connectivity index (χ1n) is 5.63. The van der Waals surface area contributed by atoms with Gasteiger partial charge in [0.25, 0.3) is 11.6 Å². The molecule has 1 aromatic carbocycles. The summed E-state index contributed by atoms with van der Waals surface area (Å²) in [4.78, 5) is 21.9. The van der Waals surface area contributed by atoms with E-state index in [1.165, 1.54) is 18.2 Å². The summed E-state index contributed by atoms with van der Waals surface area (Å²) in [5.74, 6) is -0.289. The highest BCUT2D eigenvalue weighted by atomic mass is 35.5. The van der Waals surface area contributed by atoms with E-state index in [9.17, 15) is 14.9 Å². The van der Waals surface area contributed by atoms with Gasteiger partial charge in [-0.1, -0.05) is 18.5 Å². The maximum absolute atomic E-state index is 11.9. The third kappa shape index (κ3) is 2.79. The molecule has 18 heavy (non-hydrogen) atoms. The quantitative estimate of drug-likeness (QED) is 0.674. The topological polar surface area (TPSA) is 72.2 Å². The van der Waals surface area contributed by atoms with Gasteiger partial charge in [0.2, 0.25) is 0 Å². The van der Waals surface area contributed by atoms with E-state index in [4.69, 9.17) is 11.6 Å². The molecular weight excluding hydrogens is 256 g/mol. The summed E-state index contributed by atoms with van der Waals surface area (Å²) in [6.45, 7) is 2.71. The highest BCUT2D eigenvalue weighted by molar-refractivity contribution is 6.34. The molecule has 0 spiro atoms. The highest BCUT2D eigenvalue weighted by Crippen LogP contribution is 2.44. The third-order valence-corrected chi connectivity index (χ3v) is 3.50. The van der Waals surface area contributed by atoms with Crippen LogP contribution >= 0.6 is 11.6 Å². The van der Waals surface area contributed by atoms with Crippen LogP contribution in [-0.4, -0.2) is 17.4 Å². The van der Waals surface area contributed by atoms with Gasteiger partial charge in [-0.05, 0) is 24.3 Å². The van der Waals surface area contributed by atoms with Crippen LogP contribution in [-0.2, 0) is 0 Å². The Labute approximate surface area is 109 Å². The maximum atomic E-state index is 11.9.